The van der Waals surface area contributed by atoms with Gasteiger partial charge in [0.15, 0.2) is 0 Å². The molecule has 24 heavy (non-hydrogen) atoms. The van der Waals surface area contributed by atoms with Crippen molar-refractivity contribution < 1.29 is 29.2 Å². The molecule has 0 saturated heterocycles. The van der Waals surface area contributed by atoms with E-state index in [2.05, 4.69) is 5.32 Å². The van der Waals surface area contributed by atoms with Crippen LogP contribution in [0, 0.1) is 0 Å². The average molecular weight is 349 g/mol. The van der Waals surface area contributed by atoms with Crippen LogP contribution in [0.4, 0.5) is 18.0 Å². The first kappa shape index (κ1) is 20.1. The third kappa shape index (κ3) is 8.08. The molecule has 0 heterocycles. The second-order valence-corrected chi connectivity index (χ2v) is 6.67. The number of benzene rings is 1. The molecule has 1 amide bonds. The van der Waals surface area contributed by atoms with Gasteiger partial charge in [-0.3, -0.25) is 0 Å². The number of hydrogen-bond donors (Lipinski definition) is 2. The summed E-state index contributed by atoms with van der Waals surface area (Å²) in [5.41, 5.74) is -1.14. The van der Waals surface area contributed by atoms with Gasteiger partial charge in [-0.25, -0.2) is 4.79 Å². The number of rotatable bonds is 1. The summed E-state index contributed by atoms with van der Waals surface area (Å²) in [5.74, 6) is -0.169. The quantitative estimate of drug-likeness (QED) is 0.740. The summed E-state index contributed by atoms with van der Waals surface area (Å²) < 4.78 is 40.7. The third-order valence-corrected chi connectivity index (χ3v) is 3.27. The van der Waals surface area contributed by atoms with Crippen LogP contribution in [0.2, 0.25) is 0 Å². The van der Waals surface area contributed by atoms with Gasteiger partial charge in [0.25, 0.3) is 0 Å². The molecule has 4 nitrogen and oxygen atoms in total. The van der Waals surface area contributed by atoms with Crippen molar-refractivity contribution in [3.63, 3.8) is 0 Å². The second-order valence-electron chi connectivity index (χ2n) is 6.67. The van der Waals surface area contributed by atoms with Gasteiger partial charge in [-0.05, 0) is 57.9 Å². The fraction of sp³-hybridized carbons (Fsp3) is 0.588. The van der Waals surface area contributed by atoms with Crippen LogP contribution in [-0.4, -0.2) is 22.8 Å². The zero-order chi connectivity index (χ0) is 18.4. The van der Waals surface area contributed by atoms with Crippen molar-refractivity contribution in [2.24, 2.45) is 0 Å². The maximum absolute atomic E-state index is 11.8. The van der Waals surface area contributed by atoms with Crippen molar-refractivity contribution in [1.82, 2.24) is 5.32 Å². The first-order chi connectivity index (χ1) is 11.0. The highest BCUT2D eigenvalue weighted by Gasteiger charge is 2.29. The predicted molar refractivity (Wildman–Crippen MR) is 86.8 cm³/mol. The maximum atomic E-state index is 11.8. The standard InChI is InChI=1S/C10H19NO2.C7H5F3O.H2/c1-10(2,3)13-9(12)11-8-6-4-5-7-8;8-7(9,10)5-1-3-6(11)4-2-5;/h8H,4-7H2,1-3H3,(H,11,12);1-4,11H;1H. The molecule has 138 valence electrons. The Morgan fingerprint density at radius 3 is 2.08 bits per heavy atom. The van der Waals surface area contributed by atoms with E-state index in [1.807, 2.05) is 20.8 Å². The third-order valence-electron chi connectivity index (χ3n) is 3.27. The normalized spacial score (nSPS) is 15.4. The molecule has 1 aliphatic rings. The minimum atomic E-state index is -4.33. The van der Waals surface area contributed by atoms with E-state index in [4.69, 9.17) is 9.84 Å². The lowest BCUT2D eigenvalue weighted by Gasteiger charge is -2.21. The van der Waals surface area contributed by atoms with Crippen LogP contribution < -0.4 is 5.32 Å². The van der Waals surface area contributed by atoms with E-state index in [1.165, 1.54) is 12.8 Å². The summed E-state index contributed by atoms with van der Waals surface area (Å²) >= 11 is 0. The molecular weight excluding hydrogens is 323 g/mol. The zero-order valence-corrected chi connectivity index (χ0v) is 14.1. The van der Waals surface area contributed by atoms with Gasteiger partial charge >= 0.3 is 12.3 Å². The van der Waals surface area contributed by atoms with Crippen LogP contribution in [-0.2, 0) is 10.9 Å². The van der Waals surface area contributed by atoms with Crippen LogP contribution in [0.15, 0.2) is 24.3 Å². The molecule has 1 aliphatic carbocycles. The molecule has 1 saturated carbocycles. The van der Waals surface area contributed by atoms with Crippen molar-refractivity contribution in [3.8, 4) is 5.75 Å². The number of halogens is 3. The summed E-state index contributed by atoms with van der Waals surface area (Å²) in [6, 6.07) is 4.01. The van der Waals surface area contributed by atoms with Crippen LogP contribution in [0.5, 0.6) is 5.75 Å². The van der Waals surface area contributed by atoms with E-state index in [9.17, 15) is 18.0 Å². The van der Waals surface area contributed by atoms with E-state index in [1.54, 1.807) is 0 Å². The number of alkyl carbamates (subject to hydrolysis) is 1. The number of ether oxygens (including phenoxy) is 1. The van der Waals surface area contributed by atoms with E-state index in [0.29, 0.717) is 6.04 Å². The average Bonchev–Trinajstić information content (AvgIpc) is 2.89. The highest BCUT2D eigenvalue weighted by Crippen LogP contribution is 2.29. The Hall–Kier alpha value is -1.92. The monoisotopic (exact) mass is 349 g/mol. The number of carbonyl (C=O) groups excluding carboxylic acids is 1. The Balaban J connectivity index is 0.000000449. The molecular formula is C17H26F3NO3. The Bertz CT molecular complexity index is 521. The van der Waals surface area contributed by atoms with Gasteiger partial charge in [-0.1, -0.05) is 12.8 Å². The van der Waals surface area contributed by atoms with Crippen molar-refractivity contribution in [2.45, 2.75) is 64.3 Å². The van der Waals surface area contributed by atoms with Crippen LogP contribution >= 0.6 is 0 Å². The molecule has 7 heteroatoms. The van der Waals surface area contributed by atoms with E-state index >= 15 is 0 Å². The summed E-state index contributed by atoms with van der Waals surface area (Å²) in [4.78, 5) is 11.3. The molecule has 2 N–H and O–H groups in total. The van der Waals surface area contributed by atoms with Gasteiger partial charge < -0.3 is 15.2 Å². The van der Waals surface area contributed by atoms with Crippen LogP contribution in [0.3, 0.4) is 0 Å². The Kier molecular flexibility index (Phi) is 6.93. The van der Waals surface area contributed by atoms with E-state index < -0.39 is 11.7 Å². The number of nitrogens with one attached hydrogen (secondary N) is 1. The minimum Gasteiger partial charge on any atom is -0.508 e. The topological polar surface area (TPSA) is 58.6 Å². The number of hydrogen-bond acceptors (Lipinski definition) is 3. The second kappa shape index (κ2) is 8.26. The maximum Gasteiger partial charge on any atom is 0.416 e. The number of phenols is 1. The number of alkyl halides is 3. The molecule has 0 unspecified atom stereocenters. The molecule has 1 aromatic rings. The molecule has 0 bridgehead atoms. The van der Waals surface area contributed by atoms with Gasteiger partial charge in [-0.15, -0.1) is 0 Å². The first-order valence-electron chi connectivity index (χ1n) is 7.83. The van der Waals surface area contributed by atoms with E-state index in [-0.39, 0.29) is 18.9 Å². The number of aromatic hydroxyl groups is 1. The lowest BCUT2D eigenvalue weighted by molar-refractivity contribution is -0.137. The van der Waals surface area contributed by atoms with Gasteiger partial charge in [0.05, 0.1) is 5.56 Å². The lowest BCUT2D eigenvalue weighted by Crippen LogP contribution is -2.37. The molecule has 0 spiro atoms. The minimum absolute atomic E-state index is 0. The Morgan fingerprint density at radius 1 is 1.17 bits per heavy atom. The summed E-state index contributed by atoms with van der Waals surface area (Å²) in [5, 5.41) is 11.5. The molecule has 0 atom stereocenters. The summed E-state index contributed by atoms with van der Waals surface area (Å²) in [6.07, 6.45) is 0.0343. The molecule has 0 aromatic heterocycles. The molecule has 2 rings (SSSR count). The summed E-state index contributed by atoms with van der Waals surface area (Å²) in [7, 11) is 0. The van der Waals surface area contributed by atoms with Crippen molar-refractivity contribution in [2.75, 3.05) is 0 Å². The smallest absolute Gasteiger partial charge is 0.416 e. The zero-order valence-electron chi connectivity index (χ0n) is 14.1. The highest BCUT2D eigenvalue weighted by atomic mass is 19.4. The van der Waals surface area contributed by atoms with Gasteiger partial charge in [0, 0.05) is 7.47 Å². The van der Waals surface area contributed by atoms with E-state index in [0.717, 1.165) is 37.1 Å². The van der Waals surface area contributed by atoms with Gasteiger partial charge in [-0.2, -0.15) is 13.2 Å². The highest BCUT2D eigenvalue weighted by molar-refractivity contribution is 5.68. The number of carbonyl (C=O) groups is 1. The van der Waals surface area contributed by atoms with Gasteiger partial charge in [0.2, 0.25) is 0 Å². The largest absolute Gasteiger partial charge is 0.508 e. The number of amides is 1. The fourth-order valence-corrected chi connectivity index (χ4v) is 2.19. The number of phenolic OH excluding ortho intramolecular Hbond substituents is 1. The SMILES string of the molecule is CC(C)(C)OC(=O)NC1CCCC1.Oc1ccc(C(F)(F)F)cc1.[HH]. The first-order valence-corrected chi connectivity index (χ1v) is 7.83. The molecule has 1 aromatic carbocycles. The Labute approximate surface area is 141 Å². The lowest BCUT2D eigenvalue weighted by atomic mass is 10.2. The molecule has 0 aliphatic heterocycles. The van der Waals surface area contributed by atoms with Crippen LogP contribution in [0.1, 0.15) is 53.4 Å². The Morgan fingerprint density at radius 2 is 1.67 bits per heavy atom. The molecule has 1 fully saturated rings. The van der Waals surface area contributed by atoms with Crippen LogP contribution in [0.25, 0.3) is 0 Å². The summed E-state index contributed by atoms with van der Waals surface area (Å²) in [6.45, 7) is 5.63. The van der Waals surface area contributed by atoms with Gasteiger partial charge in [0.1, 0.15) is 11.4 Å². The van der Waals surface area contributed by atoms with Crippen molar-refractivity contribution in [3.05, 3.63) is 29.8 Å². The molecule has 0 radical (unpaired) electrons. The van der Waals surface area contributed by atoms with Crippen molar-refractivity contribution >= 4 is 6.09 Å². The fourth-order valence-electron chi connectivity index (χ4n) is 2.19. The van der Waals surface area contributed by atoms with Crippen molar-refractivity contribution in [1.29, 1.82) is 0 Å². The predicted octanol–water partition coefficient (Wildman–Crippen LogP) is 5.11.